The average molecular weight is 306 g/mol. The van der Waals surface area contributed by atoms with Gasteiger partial charge in [-0.2, -0.15) is 0 Å². The van der Waals surface area contributed by atoms with E-state index in [2.05, 4.69) is 79.3 Å². The summed E-state index contributed by atoms with van der Waals surface area (Å²) in [6.45, 7) is 5.15. The fourth-order valence-electron chi connectivity index (χ4n) is 2.67. The Bertz CT molecular complexity index is 742. The van der Waals surface area contributed by atoms with E-state index in [-0.39, 0.29) is 0 Å². The molecule has 3 rings (SSSR count). The zero-order chi connectivity index (χ0) is 16.1. The summed E-state index contributed by atoms with van der Waals surface area (Å²) >= 11 is 0. The minimum absolute atomic E-state index is 0.818. The van der Waals surface area contributed by atoms with Crippen LogP contribution in [0.5, 0.6) is 0 Å². The molecule has 0 spiro atoms. The van der Waals surface area contributed by atoms with E-state index >= 15 is 0 Å². The van der Waals surface area contributed by atoms with Crippen molar-refractivity contribution in [3.05, 3.63) is 77.6 Å². The van der Waals surface area contributed by atoms with Gasteiger partial charge in [0.1, 0.15) is 6.54 Å². The Morgan fingerprint density at radius 3 is 2.43 bits per heavy atom. The van der Waals surface area contributed by atoms with Crippen molar-refractivity contribution in [3.8, 4) is 5.69 Å². The summed E-state index contributed by atoms with van der Waals surface area (Å²) in [6, 6.07) is 19.0. The zero-order valence-electron chi connectivity index (χ0n) is 13.9. The molecule has 0 atom stereocenters. The van der Waals surface area contributed by atoms with Crippen LogP contribution in [-0.2, 0) is 13.0 Å². The first kappa shape index (κ1) is 15.5. The van der Waals surface area contributed by atoms with Crippen molar-refractivity contribution >= 4 is 0 Å². The van der Waals surface area contributed by atoms with E-state index in [0.29, 0.717) is 0 Å². The third kappa shape index (κ3) is 3.86. The number of benzene rings is 2. The van der Waals surface area contributed by atoms with Crippen LogP contribution in [0.1, 0.15) is 36.6 Å². The monoisotopic (exact) mass is 306 g/mol. The summed E-state index contributed by atoms with van der Waals surface area (Å²) in [5.41, 5.74) is 4.95. The second-order valence-corrected chi connectivity index (χ2v) is 6.04. The summed E-state index contributed by atoms with van der Waals surface area (Å²) in [6.07, 6.45) is 5.62. The van der Waals surface area contributed by atoms with Gasteiger partial charge in [0.05, 0.1) is 5.21 Å². The van der Waals surface area contributed by atoms with Gasteiger partial charge in [0, 0.05) is 6.42 Å². The van der Waals surface area contributed by atoms with Gasteiger partial charge in [0.25, 0.3) is 0 Å². The van der Waals surface area contributed by atoms with E-state index in [1.165, 1.54) is 29.7 Å². The van der Waals surface area contributed by atoms with Crippen molar-refractivity contribution in [1.29, 1.82) is 0 Å². The average Bonchev–Trinajstić information content (AvgIpc) is 2.97. The van der Waals surface area contributed by atoms with Crippen LogP contribution in [0.2, 0.25) is 0 Å². The molecule has 23 heavy (non-hydrogen) atoms. The van der Waals surface area contributed by atoms with Crippen LogP contribution in [0, 0.1) is 6.92 Å². The molecule has 0 radical (unpaired) electrons. The molecule has 3 nitrogen and oxygen atoms in total. The molecule has 118 valence electrons. The van der Waals surface area contributed by atoms with Gasteiger partial charge in [-0.3, -0.25) is 0 Å². The molecule has 0 saturated carbocycles. The first-order valence-corrected chi connectivity index (χ1v) is 8.36. The lowest BCUT2D eigenvalue weighted by Crippen LogP contribution is -2.33. The molecular formula is C20H24N3+. The third-order valence-corrected chi connectivity index (χ3v) is 4.07. The molecule has 0 saturated heterocycles. The van der Waals surface area contributed by atoms with Gasteiger partial charge in [-0.05, 0) is 31.0 Å². The van der Waals surface area contributed by atoms with E-state index in [0.717, 1.165) is 18.7 Å². The highest BCUT2D eigenvalue weighted by Crippen LogP contribution is 2.09. The van der Waals surface area contributed by atoms with Gasteiger partial charge in [-0.15, -0.1) is 9.36 Å². The number of rotatable bonds is 6. The van der Waals surface area contributed by atoms with Crippen molar-refractivity contribution in [1.82, 2.24) is 9.90 Å². The second kappa shape index (κ2) is 7.23. The predicted molar refractivity (Wildman–Crippen MR) is 92.7 cm³/mol. The molecule has 0 bridgehead atoms. The van der Waals surface area contributed by atoms with E-state index in [9.17, 15) is 0 Å². The lowest BCUT2D eigenvalue weighted by molar-refractivity contribution is -0.661. The van der Waals surface area contributed by atoms with Crippen molar-refractivity contribution in [2.45, 2.75) is 39.7 Å². The Morgan fingerprint density at radius 1 is 1.00 bits per heavy atom. The molecule has 2 aromatic carbocycles. The van der Waals surface area contributed by atoms with Crippen LogP contribution >= 0.6 is 0 Å². The number of hydrogen-bond donors (Lipinski definition) is 0. The summed E-state index contributed by atoms with van der Waals surface area (Å²) in [5, 5.41) is 4.79. The molecule has 3 aromatic rings. The van der Waals surface area contributed by atoms with Crippen LogP contribution in [0.4, 0.5) is 0 Å². The summed E-state index contributed by atoms with van der Waals surface area (Å²) in [7, 11) is 0. The first-order valence-electron chi connectivity index (χ1n) is 8.36. The molecule has 0 fully saturated rings. The van der Waals surface area contributed by atoms with Gasteiger partial charge >= 0.3 is 0 Å². The van der Waals surface area contributed by atoms with Crippen LogP contribution in [-0.4, -0.2) is 9.90 Å². The van der Waals surface area contributed by atoms with Crippen molar-refractivity contribution in [2.75, 3.05) is 0 Å². The minimum atomic E-state index is 0.818. The Kier molecular flexibility index (Phi) is 4.86. The van der Waals surface area contributed by atoms with Gasteiger partial charge in [-0.25, -0.2) is 0 Å². The minimum Gasteiger partial charge on any atom is -0.129 e. The molecule has 1 heterocycles. The van der Waals surface area contributed by atoms with Crippen molar-refractivity contribution < 1.29 is 4.68 Å². The van der Waals surface area contributed by atoms with Crippen LogP contribution in [0.25, 0.3) is 5.69 Å². The van der Waals surface area contributed by atoms with Crippen molar-refractivity contribution in [3.63, 3.8) is 0 Å². The molecular weight excluding hydrogens is 282 g/mol. The fraction of sp³-hybridized carbons (Fsp3) is 0.300. The van der Waals surface area contributed by atoms with E-state index < -0.39 is 0 Å². The Morgan fingerprint density at radius 2 is 1.74 bits per heavy atom. The van der Waals surface area contributed by atoms with Crippen LogP contribution < -0.4 is 4.68 Å². The fourth-order valence-corrected chi connectivity index (χ4v) is 2.67. The van der Waals surface area contributed by atoms with Crippen molar-refractivity contribution in [2.24, 2.45) is 0 Å². The third-order valence-electron chi connectivity index (χ3n) is 4.07. The van der Waals surface area contributed by atoms with E-state index in [1.54, 1.807) is 0 Å². The van der Waals surface area contributed by atoms with Crippen LogP contribution in [0.3, 0.4) is 0 Å². The molecule has 0 N–H and O–H groups in total. The Balaban J connectivity index is 1.91. The highest BCUT2D eigenvalue weighted by Gasteiger charge is 2.17. The largest absolute Gasteiger partial charge is 0.168 e. The van der Waals surface area contributed by atoms with Gasteiger partial charge < -0.3 is 0 Å². The maximum Gasteiger partial charge on any atom is 0.168 e. The molecule has 0 aliphatic heterocycles. The first-order chi connectivity index (χ1) is 11.3. The highest BCUT2D eigenvalue weighted by molar-refractivity contribution is 5.26. The van der Waals surface area contributed by atoms with Gasteiger partial charge in [0.2, 0.25) is 0 Å². The SMILES string of the molecule is CCCCc1c[n+](-c2ccc(C)cc2)nn1Cc1ccccc1. The summed E-state index contributed by atoms with van der Waals surface area (Å²) in [4.78, 5) is 0. The predicted octanol–water partition coefficient (Wildman–Crippen LogP) is 3.86. The number of aromatic nitrogens is 3. The van der Waals surface area contributed by atoms with Gasteiger partial charge in [-0.1, -0.05) is 61.4 Å². The van der Waals surface area contributed by atoms with Gasteiger partial charge in [0.15, 0.2) is 17.6 Å². The molecule has 0 unspecified atom stereocenters. The zero-order valence-corrected chi connectivity index (χ0v) is 13.9. The topological polar surface area (TPSA) is 21.7 Å². The lowest BCUT2D eigenvalue weighted by atomic mass is 10.2. The number of aryl methyl sites for hydroxylation is 2. The van der Waals surface area contributed by atoms with E-state index in [4.69, 9.17) is 5.21 Å². The Hall–Kier alpha value is -2.42. The number of unbranched alkanes of at least 4 members (excludes halogenated alkanes) is 1. The van der Waals surface area contributed by atoms with Crippen LogP contribution in [0.15, 0.2) is 60.8 Å². The molecule has 3 heteroatoms. The Labute approximate surface area is 138 Å². The summed E-state index contributed by atoms with van der Waals surface area (Å²) in [5.74, 6) is 0. The maximum atomic E-state index is 4.79. The number of nitrogens with zero attached hydrogens (tertiary/aromatic N) is 3. The number of hydrogen-bond acceptors (Lipinski definition) is 1. The lowest BCUT2D eigenvalue weighted by Gasteiger charge is -1.99. The highest BCUT2D eigenvalue weighted by atomic mass is 15.5. The maximum absolute atomic E-state index is 4.79. The molecule has 0 aliphatic rings. The molecule has 0 aliphatic carbocycles. The summed E-state index contributed by atoms with van der Waals surface area (Å²) < 4.78 is 4.12. The molecule has 1 aromatic heterocycles. The van der Waals surface area contributed by atoms with E-state index in [1.807, 2.05) is 4.68 Å². The normalized spacial score (nSPS) is 10.9. The standard InChI is InChI=1S/C20H24N3/c1-3-4-10-20-16-23(19-13-11-17(2)12-14-19)21-22(20)15-18-8-6-5-7-9-18/h5-9,11-14,16H,3-4,10,15H2,1-2H3/q+1. The quantitative estimate of drug-likeness (QED) is 0.634. The smallest absolute Gasteiger partial charge is 0.129 e. The molecule has 0 amide bonds. The second-order valence-electron chi connectivity index (χ2n) is 6.04.